The second kappa shape index (κ2) is 7.02. The molecule has 0 aromatic heterocycles. The van der Waals surface area contributed by atoms with Gasteiger partial charge in [0, 0.05) is 0 Å². The molecular weight excluding hydrogens is 313 g/mol. The van der Waals surface area contributed by atoms with Gasteiger partial charge >= 0.3 is 18.1 Å². The van der Waals surface area contributed by atoms with Crippen molar-refractivity contribution in [2.24, 2.45) is 5.92 Å². The van der Waals surface area contributed by atoms with Crippen molar-refractivity contribution >= 4 is 11.9 Å². The Morgan fingerprint density at radius 1 is 1.13 bits per heavy atom. The average Bonchev–Trinajstić information content (AvgIpc) is 2.35. The summed E-state index contributed by atoms with van der Waals surface area (Å²) in [5.41, 5.74) is -1.13. The molecule has 1 N–H and O–H groups in total. The van der Waals surface area contributed by atoms with Gasteiger partial charge in [0.1, 0.15) is 5.60 Å². The summed E-state index contributed by atoms with van der Waals surface area (Å²) >= 11 is 0. The summed E-state index contributed by atoms with van der Waals surface area (Å²) in [6.07, 6.45) is -4.89. The molecule has 0 aliphatic heterocycles. The molecule has 128 valence electrons. The van der Waals surface area contributed by atoms with Crippen molar-refractivity contribution in [3.05, 3.63) is 35.4 Å². The SMILES string of the molecule is CC(C)(C)OC(=O)[C@H](CC(=O)O)Cc1ccc(C(F)(F)F)cc1. The van der Waals surface area contributed by atoms with Crippen molar-refractivity contribution in [1.82, 2.24) is 0 Å². The van der Waals surface area contributed by atoms with Crippen LogP contribution in [0.15, 0.2) is 24.3 Å². The minimum Gasteiger partial charge on any atom is -0.481 e. The van der Waals surface area contributed by atoms with Crippen molar-refractivity contribution < 1.29 is 32.6 Å². The molecule has 0 saturated heterocycles. The van der Waals surface area contributed by atoms with Crippen LogP contribution in [-0.2, 0) is 26.9 Å². The number of carboxylic acids is 1. The van der Waals surface area contributed by atoms with Gasteiger partial charge in [0.25, 0.3) is 0 Å². The number of halogens is 3. The molecule has 1 atom stereocenters. The molecular formula is C16H19F3O4. The van der Waals surface area contributed by atoms with Gasteiger partial charge in [-0.1, -0.05) is 12.1 Å². The van der Waals surface area contributed by atoms with E-state index in [-0.39, 0.29) is 6.42 Å². The van der Waals surface area contributed by atoms with E-state index >= 15 is 0 Å². The highest BCUT2D eigenvalue weighted by Gasteiger charge is 2.31. The topological polar surface area (TPSA) is 63.6 Å². The molecule has 0 unspecified atom stereocenters. The van der Waals surface area contributed by atoms with Gasteiger partial charge in [-0.2, -0.15) is 13.2 Å². The second-order valence-corrected chi connectivity index (χ2v) is 6.23. The normalized spacial score (nSPS) is 13.5. The molecule has 0 amide bonds. The molecule has 1 aromatic rings. The highest BCUT2D eigenvalue weighted by molar-refractivity contribution is 5.79. The Morgan fingerprint density at radius 3 is 2.04 bits per heavy atom. The van der Waals surface area contributed by atoms with E-state index in [1.165, 1.54) is 12.1 Å². The Bertz CT molecular complexity index is 556. The lowest BCUT2D eigenvalue weighted by atomic mass is 9.95. The monoisotopic (exact) mass is 332 g/mol. The third-order valence-corrected chi connectivity index (χ3v) is 2.92. The second-order valence-electron chi connectivity index (χ2n) is 6.23. The fraction of sp³-hybridized carbons (Fsp3) is 0.500. The van der Waals surface area contributed by atoms with Crippen LogP contribution in [0.1, 0.15) is 38.3 Å². The van der Waals surface area contributed by atoms with Crippen molar-refractivity contribution in [1.29, 1.82) is 0 Å². The first-order chi connectivity index (χ1) is 10.4. The zero-order valence-corrected chi connectivity index (χ0v) is 13.1. The summed E-state index contributed by atoms with van der Waals surface area (Å²) in [5.74, 6) is -2.81. The summed E-state index contributed by atoms with van der Waals surface area (Å²) in [7, 11) is 0. The van der Waals surface area contributed by atoms with Gasteiger partial charge in [0.2, 0.25) is 0 Å². The van der Waals surface area contributed by atoms with Crippen molar-refractivity contribution in [3.63, 3.8) is 0 Å². The van der Waals surface area contributed by atoms with Crippen LogP contribution in [0.2, 0.25) is 0 Å². The van der Waals surface area contributed by atoms with E-state index in [9.17, 15) is 22.8 Å². The molecule has 7 heteroatoms. The van der Waals surface area contributed by atoms with Crippen LogP contribution in [0.3, 0.4) is 0 Å². The standard InChI is InChI=1S/C16H19F3O4/c1-15(2,3)23-14(22)11(9-13(20)21)8-10-4-6-12(7-5-10)16(17,18)19/h4-7,11H,8-9H2,1-3H3,(H,20,21)/t11-/m0/s1. The molecule has 0 aliphatic rings. The lowest BCUT2D eigenvalue weighted by Gasteiger charge is -2.23. The maximum Gasteiger partial charge on any atom is 0.416 e. The van der Waals surface area contributed by atoms with E-state index in [0.29, 0.717) is 5.56 Å². The molecule has 0 spiro atoms. The number of carbonyl (C=O) groups excluding carboxylic acids is 1. The highest BCUT2D eigenvalue weighted by Crippen LogP contribution is 2.29. The summed E-state index contributed by atoms with van der Waals surface area (Å²) < 4.78 is 42.7. The molecule has 0 heterocycles. The maximum atomic E-state index is 12.5. The summed E-state index contributed by atoms with van der Waals surface area (Å²) in [6.45, 7) is 4.96. The fourth-order valence-electron chi connectivity index (χ4n) is 1.95. The van der Waals surface area contributed by atoms with Crippen LogP contribution >= 0.6 is 0 Å². The molecule has 23 heavy (non-hydrogen) atoms. The average molecular weight is 332 g/mol. The molecule has 0 aliphatic carbocycles. The van der Waals surface area contributed by atoms with E-state index in [4.69, 9.17) is 9.84 Å². The molecule has 1 rings (SSSR count). The molecule has 1 aromatic carbocycles. The lowest BCUT2D eigenvalue weighted by Crippen LogP contribution is -2.31. The predicted molar refractivity (Wildman–Crippen MR) is 76.7 cm³/mol. The van der Waals surface area contributed by atoms with Gasteiger partial charge < -0.3 is 9.84 Å². The maximum absolute atomic E-state index is 12.5. The number of carbonyl (C=O) groups is 2. The largest absolute Gasteiger partial charge is 0.481 e. The van der Waals surface area contributed by atoms with E-state index < -0.39 is 41.6 Å². The zero-order valence-electron chi connectivity index (χ0n) is 13.1. The van der Waals surface area contributed by atoms with Gasteiger partial charge in [-0.05, 0) is 44.9 Å². The zero-order chi connectivity index (χ0) is 17.8. The van der Waals surface area contributed by atoms with Crippen LogP contribution < -0.4 is 0 Å². The number of hydrogen-bond donors (Lipinski definition) is 1. The van der Waals surface area contributed by atoms with E-state index in [0.717, 1.165) is 12.1 Å². The first-order valence-electron chi connectivity index (χ1n) is 6.99. The lowest BCUT2D eigenvalue weighted by molar-refractivity contribution is -0.162. The molecule has 4 nitrogen and oxygen atoms in total. The first-order valence-corrected chi connectivity index (χ1v) is 6.99. The van der Waals surface area contributed by atoms with Crippen LogP contribution in [0.25, 0.3) is 0 Å². The minimum atomic E-state index is -4.44. The Kier molecular flexibility index (Phi) is 5.80. The Balaban J connectivity index is 2.89. The number of rotatable bonds is 5. The Labute approximate surface area is 132 Å². The smallest absolute Gasteiger partial charge is 0.416 e. The van der Waals surface area contributed by atoms with E-state index in [2.05, 4.69) is 0 Å². The van der Waals surface area contributed by atoms with Gasteiger partial charge in [-0.3, -0.25) is 9.59 Å². The highest BCUT2D eigenvalue weighted by atomic mass is 19.4. The molecule has 0 radical (unpaired) electrons. The summed E-state index contributed by atoms with van der Waals surface area (Å²) in [4.78, 5) is 23.0. The van der Waals surface area contributed by atoms with Crippen molar-refractivity contribution in [2.45, 2.75) is 45.4 Å². The number of aliphatic carboxylic acids is 1. The number of alkyl halides is 3. The van der Waals surface area contributed by atoms with Gasteiger partial charge in [0.05, 0.1) is 17.9 Å². The van der Waals surface area contributed by atoms with Gasteiger partial charge in [-0.25, -0.2) is 0 Å². The van der Waals surface area contributed by atoms with Gasteiger partial charge in [0.15, 0.2) is 0 Å². The number of carboxylic acid groups (broad SMARTS) is 1. The van der Waals surface area contributed by atoms with Crippen LogP contribution in [0.4, 0.5) is 13.2 Å². The van der Waals surface area contributed by atoms with Crippen LogP contribution in [-0.4, -0.2) is 22.6 Å². The molecule has 0 saturated carbocycles. The van der Waals surface area contributed by atoms with E-state index in [1.807, 2.05) is 0 Å². The van der Waals surface area contributed by atoms with Crippen molar-refractivity contribution in [3.8, 4) is 0 Å². The third-order valence-electron chi connectivity index (χ3n) is 2.92. The number of hydrogen-bond acceptors (Lipinski definition) is 3. The van der Waals surface area contributed by atoms with Gasteiger partial charge in [-0.15, -0.1) is 0 Å². The number of benzene rings is 1. The predicted octanol–water partition coefficient (Wildman–Crippen LogP) is 3.68. The van der Waals surface area contributed by atoms with Crippen LogP contribution in [0.5, 0.6) is 0 Å². The van der Waals surface area contributed by atoms with Crippen LogP contribution in [0, 0.1) is 5.92 Å². The summed E-state index contributed by atoms with van der Waals surface area (Å²) in [6, 6.07) is 4.29. The fourth-order valence-corrected chi connectivity index (χ4v) is 1.95. The quantitative estimate of drug-likeness (QED) is 0.836. The number of ether oxygens (including phenoxy) is 1. The first kappa shape index (κ1) is 19.0. The summed E-state index contributed by atoms with van der Waals surface area (Å²) in [5, 5.41) is 8.90. The Morgan fingerprint density at radius 2 is 1.65 bits per heavy atom. The Hall–Kier alpha value is -2.05. The number of esters is 1. The molecule has 0 fully saturated rings. The minimum absolute atomic E-state index is 0.000644. The van der Waals surface area contributed by atoms with E-state index in [1.54, 1.807) is 20.8 Å². The van der Waals surface area contributed by atoms with Crippen molar-refractivity contribution in [2.75, 3.05) is 0 Å². The third kappa shape index (κ3) is 6.71. The molecule has 0 bridgehead atoms.